The van der Waals surface area contributed by atoms with Crippen LogP contribution < -0.4 is 5.73 Å². The lowest BCUT2D eigenvalue weighted by Gasteiger charge is -2.22. The molecule has 0 aliphatic heterocycles. The molecular formula is C11H21NO4. The molecule has 0 bridgehead atoms. The van der Waals surface area contributed by atoms with Gasteiger partial charge in [-0.15, -0.1) is 0 Å². The van der Waals surface area contributed by atoms with Crippen LogP contribution in [0.1, 0.15) is 40.0 Å². The Labute approximate surface area is 96.0 Å². The number of carbonyl (C=O) groups excluding carboxylic acids is 1. The Kier molecular flexibility index (Phi) is 6.03. The van der Waals surface area contributed by atoms with Gasteiger partial charge in [-0.1, -0.05) is 20.3 Å². The van der Waals surface area contributed by atoms with Crippen LogP contribution in [0.2, 0.25) is 0 Å². The Morgan fingerprint density at radius 1 is 1.50 bits per heavy atom. The molecule has 0 fully saturated rings. The molecule has 2 unspecified atom stereocenters. The van der Waals surface area contributed by atoms with Gasteiger partial charge >= 0.3 is 11.9 Å². The lowest BCUT2D eigenvalue weighted by Crippen LogP contribution is -2.47. The van der Waals surface area contributed by atoms with Crippen molar-refractivity contribution in [2.75, 3.05) is 6.61 Å². The van der Waals surface area contributed by atoms with Crippen LogP contribution in [0.4, 0.5) is 0 Å². The number of esters is 1. The van der Waals surface area contributed by atoms with Gasteiger partial charge in [0.05, 0.1) is 12.5 Å². The Balaban J connectivity index is 4.10. The summed E-state index contributed by atoms with van der Waals surface area (Å²) >= 11 is 0. The molecule has 0 aliphatic rings. The SMILES string of the molecule is CCCCOC(=O)C(C)CC(C)(N)C(=O)O. The molecule has 0 saturated carbocycles. The molecule has 0 rings (SSSR count). The maximum Gasteiger partial charge on any atom is 0.323 e. The monoisotopic (exact) mass is 231 g/mol. The summed E-state index contributed by atoms with van der Waals surface area (Å²) in [6.07, 6.45) is 1.84. The van der Waals surface area contributed by atoms with E-state index in [0.29, 0.717) is 6.61 Å². The molecule has 0 aromatic rings. The summed E-state index contributed by atoms with van der Waals surface area (Å²) in [4.78, 5) is 22.2. The fourth-order valence-corrected chi connectivity index (χ4v) is 1.27. The minimum Gasteiger partial charge on any atom is -0.480 e. The quantitative estimate of drug-likeness (QED) is 0.507. The van der Waals surface area contributed by atoms with E-state index < -0.39 is 17.4 Å². The van der Waals surface area contributed by atoms with Gasteiger partial charge in [0, 0.05) is 0 Å². The molecular weight excluding hydrogens is 210 g/mol. The number of unbranched alkanes of at least 4 members (excludes halogenated alkanes) is 1. The minimum atomic E-state index is -1.39. The number of carbonyl (C=O) groups is 2. The predicted molar refractivity (Wildman–Crippen MR) is 59.9 cm³/mol. The van der Waals surface area contributed by atoms with Crippen LogP contribution in [0.15, 0.2) is 0 Å². The number of carboxylic acid groups (broad SMARTS) is 1. The number of rotatable bonds is 7. The summed E-state index contributed by atoms with van der Waals surface area (Å²) < 4.78 is 4.98. The second-order valence-corrected chi connectivity index (χ2v) is 4.35. The maximum absolute atomic E-state index is 11.4. The topological polar surface area (TPSA) is 89.6 Å². The first-order valence-electron chi connectivity index (χ1n) is 5.50. The van der Waals surface area contributed by atoms with Gasteiger partial charge in [0.15, 0.2) is 0 Å². The fourth-order valence-electron chi connectivity index (χ4n) is 1.27. The van der Waals surface area contributed by atoms with Crippen LogP contribution in [0.3, 0.4) is 0 Å². The number of hydrogen-bond acceptors (Lipinski definition) is 4. The zero-order chi connectivity index (χ0) is 12.8. The summed E-state index contributed by atoms with van der Waals surface area (Å²) in [5, 5.41) is 8.81. The molecule has 5 heteroatoms. The number of nitrogens with two attached hydrogens (primary N) is 1. The van der Waals surface area contributed by atoms with Gasteiger partial charge in [-0.05, 0) is 19.8 Å². The van der Waals surface area contributed by atoms with Crippen LogP contribution in [-0.4, -0.2) is 29.2 Å². The van der Waals surface area contributed by atoms with Gasteiger partial charge in [-0.2, -0.15) is 0 Å². The Bertz CT molecular complexity index is 250. The molecule has 0 aromatic heterocycles. The maximum atomic E-state index is 11.4. The Hall–Kier alpha value is -1.10. The van der Waals surface area contributed by atoms with Crippen molar-refractivity contribution in [1.29, 1.82) is 0 Å². The van der Waals surface area contributed by atoms with Gasteiger partial charge in [-0.25, -0.2) is 0 Å². The van der Waals surface area contributed by atoms with E-state index in [1.54, 1.807) is 6.92 Å². The average molecular weight is 231 g/mol. The van der Waals surface area contributed by atoms with Crippen molar-refractivity contribution in [3.63, 3.8) is 0 Å². The van der Waals surface area contributed by atoms with Crippen LogP contribution in [0.25, 0.3) is 0 Å². The fraction of sp³-hybridized carbons (Fsp3) is 0.818. The van der Waals surface area contributed by atoms with Crippen molar-refractivity contribution in [3.8, 4) is 0 Å². The number of aliphatic carboxylic acids is 1. The molecule has 0 aliphatic carbocycles. The molecule has 0 heterocycles. The van der Waals surface area contributed by atoms with E-state index in [2.05, 4.69) is 0 Å². The third-order valence-electron chi connectivity index (χ3n) is 2.36. The largest absolute Gasteiger partial charge is 0.480 e. The normalized spacial score (nSPS) is 16.2. The van der Waals surface area contributed by atoms with Crippen molar-refractivity contribution in [2.45, 2.75) is 45.6 Å². The molecule has 0 amide bonds. The van der Waals surface area contributed by atoms with E-state index in [4.69, 9.17) is 15.6 Å². The van der Waals surface area contributed by atoms with Crippen molar-refractivity contribution in [3.05, 3.63) is 0 Å². The second kappa shape index (κ2) is 6.48. The lowest BCUT2D eigenvalue weighted by atomic mass is 9.91. The predicted octanol–water partition coefficient (Wildman–Crippen LogP) is 1.16. The summed E-state index contributed by atoms with van der Waals surface area (Å²) in [6, 6.07) is 0. The molecule has 3 N–H and O–H groups in total. The van der Waals surface area contributed by atoms with E-state index in [1.807, 2.05) is 6.92 Å². The van der Waals surface area contributed by atoms with Gasteiger partial charge < -0.3 is 15.6 Å². The Morgan fingerprint density at radius 3 is 2.50 bits per heavy atom. The highest BCUT2D eigenvalue weighted by Crippen LogP contribution is 2.16. The second-order valence-electron chi connectivity index (χ2n) is 4.35. The van der Waals surface area contributed by atoms with E-state index in [9.17, 15) is 9.59 Å². The van der Waals surface area contributed by atoms with Crippen LogP contribution >= 0.6 is 0 Å². The Morgan fingerprint density at radius 2 is 2.06 bits per heavy atom. The summed E-state index contributed by atoms with van der Waals surface area (Å²) in [6.45, 7) is 5.40. The number of carboxylic acids is 1. The highest BCUT2D eigenvalue weighted by Gasteiger charge is 2.32. The molecule has 5 nitrogen and oxygen atoms in total. The molecule has 2 atom stereocenters. The molecule has 0 saturated heterocycles. The van der Waals surface area contributed by atoms with Crippen molar-refractivity contribution in [1.82, 2.24) is 0 Å². The third kappa shape index (κ3) is 5.11. The summed E-state index contributed by atoms with van der Waals surface area (Å²) in [5.41, 5.74) is 4.16. The molecule has 0 spiro atoms. The smallest absolute Gasteiger partial charge is 0.323 e. The van der Waals surface area contributed by atoms with E-state index in [0.717, 1.165) is 12.8 Å². The van der Waals surface area contributed by atoms with Gasteiger partial charge in [-0.3, -0.25) is 9.59 Å². The molecule has 94 valence electrons. The molecule has 0 radical (unpaired) electrons. The van der Waals surface area contributed by atoms with Gasteiger partial charge in [0.25, 0.3) is 0 Å². The minimum absolute atomic E-state index is 0.0767. The first kappa shape index (κ1) is 14.9. The first-order chi connectivity index (χ1) is 7.31. The third-order valence-corrected chi connectivity index (χ3v) is 2.36. The van der Waals surface area contributed by atoms with Crippen molar-refractivity contribution < 1.29 is 19.4 Å². The van der Waals surface area contributed by atoms with Gasteiger partial charge in [0.2, 0.25) is 0 Å². The number of hydrogen-bond donors (Lipinski definition) is 2. The van der Waals surface area contributed by atoms with E-state index in [-0.39, 0.29) is 12.4 Å². The molecule has 16 heavy (non-hydrogen) atoms. The molecule has 0 aromatic carbocycles. The average Bonchev–Trinajstić information content (AvgIpc) is 2.17. The van der Waals surface area contributed by atoms with E-state index >= 15 is 0 Å². The summed E-state index contributed by atoms with van der Waals surface area (Å²) in [7, 11) is 0. The zero-order valence-electron chi connectivity index (χ0n) is 10.2. The van der Waals surface area contributed by atoms with Crippen molar-refractivity contribution >= 4 is 11.9 Å². The zero-order valence-corrected chi connectivity index (χ0v) is 10.2. The summed E-state index contributed by atoms with van der Waals surface area (Å²) in [5.74, 6) is -1.99. The lowest BCUT2D eigenvalue weighted by molar-refractivity contribution is -0.150. The standard InChI is InChI=1S/C11H21NO4/c1-4-5-6-16-9(13)8(2)7-11(3,12)10(14)15/h8H,4-7,12H2,1-3H3,(H,14,15). The van der Waals surface area contributed by atoms with Crippen LogP contribution in [-0.2, 0) is 14.3 Å². The van der Waals surface area contributed by atoms with Gasteiger partial charge in [0.1, 0.15) is 5.54 Å². The van der Waals surface area contributed by atoms with Crippen molar-refractivity contribution in [2.24, 2.45) is 11.7 Å². The first-order valence-corrected chi connectivity index (χ1v) is 5.50. The van der Waals surface area contributed by atoms with Crippen LogP contribution in [0, 0.1) is 5.92 Å². The number of ether oxygens (including phenoxy) is 1. The highest BCUT2D eigenvalue weighted by molar-refractivity contribution is 5.79. The van der Waals surface area contributed by atoms with Crippen LogP contribution in [0.5, 0.6) is 0 Å². The highest BCUT2D eigenvalue weighted by atomic mass is 16.5. The van der Waals surface area contributed by atoms with E-state index in [1.165, 1.54) is 6.92 Å².